The van der Waals surface area contributed by atoms with Crippen molar-refractivity contribution in [2.45, 2.75) is 26.7 Å². The topological polar surface area (TPSA) is 75.4 Å². The van der Waals surface area contributed by atoms with Crippen molar-refractivity contribution in [1.82, 2.24) is 10.3 Å². The predicted molar refractivity (Wildman–Crippen MR) is 86.8 cm³/mol. The molecule has 0 bridgehead atoms. The lowest BCUT2D eigenvalue weighted by molar-refractivity contribution is 0.0937. The lowest BCUT2D eigenvalue weighted by Gasteiger charge is -2.18. The first-order chi connectivity index (χ1) is 10.6. The van der Waals surface area contributed by atoms with Crippen LogP contribution < -0.4 is 5.32 Å². The minimum absolute atomic E-state index is 0.145. The Labute approximate surface area is 134 Å². The van der Waals surface area contributed by atoms with Gasteiger partial charge in [0.05, 0.1) is 6.26 Å². The summed E-state index contributed by atoms with van der Waals surface area (Å²) in [5.74, 6) is 1.32. The van der Waals surface area contributed by atoms with E-state index in [9.17, 15) is 4.79 Å². The van der Waals surface area contributed by atoms with Crippen LogP contribution in [0.3, 0.4) is 0 Å². The maximum Gasteiger partial charge on any atom is 0.270 e. The molecule has 0 aliphatic rings. The number of nitrogens with zero attached hydrogens (tertiary/aromatic N) is 1. The fourth-order valence-electron chi connectivity index (χ4n) is 2.37. The van der Waals surface area contributed by atoms with Gasteiger partial charge in [0.15, 0.2) is 10.8 Å². The van der Waals surface area contributed by atoms with Crippen LogP contribution in [0.2, 0.25) is 0 Å². The molecule has 0 saturated carbocycles. The summed E-state index contributed by atoms with van der Waals surface area (Å²) in [7, 11) is 0. The van der Waals surface area contributed by atoms with E-state index in [1.807, 2.05) is 6.07 Å². The number of nitrogens with one attached hydrogen (secondary N) is 1. The molecule has 0 radical (unpaired) electrons. The second-order valence-electron chi connectivity index (χ2n) is 5.73. The Morgan fingerprint density at radius 1 is 1.50 bits per heavy atom. The van der Waals surface area contributed by atoms with Crippen molar-refractivity contribution < 1.29 is 14.3 Å². The van der Waals surface area contributed by atoms with E-state index in [1.165, 1.54) is 11.3 Å². The zero-order chi connectivity index (χ0) is 15.9. The van der Waals surface area contributed by atoms with Gasteiger partial charge in [-0.05, 0) is 36.8 Å². The summed E-state index contributed by atoms with van der Waals surface area (Å²) in [5.41, 5.74) is 0.406. The molecule has 22 heavy (non-hydrogen) atoms. The van der Waals surface area contributed by atoms with Crippen LogP contribution in [0.25, 0.3) is 10.8 Å². The second kappa shape index (κ2) is 8.10. The first-order valence-electron chi connectivity index (χ1n) is 7.48. The summed E-state index contributed by atoms with van der Waals surface area (Å²) in [6, 6.07) is 3.61. The molecule has 0 aliphatic heterocycles. The zero-order valence-corrected chi connectivity index (χ0v) is 13.7. The molecule has 1 unspecified atom stereocenters. The van der Waals surface area contributed by atoms with Gasteiger partial charge in [-0.2, -0.15) is 0 Å². The standard InChI is InChI=1S/C16H22N2O3S/c1-11(2)8-12(5-6-19)9-17-15(20)13-10-22-16(18-13)14-4-3-7-21-14/h3-4,7,10-12,19H,5-6,8-9H2,1-2H3,(H,17,20). The van der Waals surface area contributed by atoms with Crippen LogP contribution in [0, 0.1) is 11.8 Å². The van der Waals surface area contributed by atoms with Gasteiger partial charge in [0.1, 0.15) is 5.69 Å². The quantitative estimate of drug-likeness (QED) is 0.782. The maximum absolute atomic E-state index is 12.2. The van der Waals surface area contributed by atoms with Crippen molar-refractivity contribution in [1.29, 1.82) is 0 Å². The van der Waals surface area contributed by atoms with Gasteiger partial charge in [-0.3, -0.25) is 4.79 Å². The molecule has 2 N–H and O–H groups in total. The lowest BCUT2D eigenvalue weighted by atomic mass is 9.94. The van der Waals surface area contributed by atoms with Crippen molar-refractivity contribution in [3.63, 3.8) is 0 Å². The van der Waals surface area contributed by atoms with Crippen LogP contribution in [0.5, 0.6) is 0 Å². The van der Waals surface area contributed by atoms with Gasteiger partial charge < -0.3 is 14.8 Å². The van der Waals surface area contributed by atoms with E-state index in [1.54, 1.807) is 17.7 Å². The third kappa shape index (κ3) is 4.68. The molecule has 2 aromatic rings. The average molecular weight is 322 g/mol. The molecule has 2 aromatic heterocycles. The number of thiazole rings is 1. The summed E-state index contributed by atoms with van der Waals surface area (Å²) in [6.45, 7) is 4.99. The molecule has 0 spiro atoms. The highest BCUT2D eigenvalue weighted by Crippen LogP contribution is 2.24. The van der Waals surface area contributed by atoms with Crippen LogP contribution in [0.4, 0.5) is 0 Å². The number of carbonyl (C=O) groups excluding carboxylic acids is 1. The number of aliphatic hydroxyl groups excluding tert-OH is 1. The van der Waals surface area contributed by atoms with Gasteiger partial charge in [-0.1, -0.05) is 13.8 Å². The second-order valence-corrected chi connectivity index (χ2v) is 6.59. The van der Waals surface area contributed by atoms with Gasteiger partial charge in [-0.15, -0.1) is 11.3 Å². The molecule has 120 valence electrons. The van der Waals surface area contributed by atoms with E-state index in [4.69, 9.17) is 9.52 Å². The molecular formula is C16H22N2O3S. The summed E-state index contributed by atoms with van der Waals surface area (Å²) in [5, 5.41) is 14.4. The van der Waals surface area contributed by atoms with E-state index in [2.05, 4.69) is 24.1 Å². The van der Waals surface area contributed by atoms with Crippen LogP contribution in [0.1, 0.15) is 37.2 Å². The van der Waals surface area contributed by atoms with Gasteiger partial charge in [0.25, 0.3) is 5.91 Å². The van der Waals surface area contributed by atoms with Gasteiger partial charge in [0, 0.05) is 18.5 Å². The van der Waals surface area contributed by atoms with Crippen LogP contribution in [0.15, 0.2) is 28.2 Å². The minimum atomic E-state index is -0.180. The Morgan fingerprint density at radius 3 is 2.95 bits per heavy atom. The number of aromatic nitrogens is 1. The summed E-state index contributed by atoms with van der Waals surface area (Å²) in [6.07, 6.45) is 3.27. The maximum atomic E-state index is 12.2. The number of aliphatic hydroxyl groups is 1. The number of rotatable bonds is 8. The van der Waals surface area contributed by atoms with Crippen molar-refractivity contribution in [3.05, 3.63) is 29.5 Å². The highest BCUT2D eigenvalue weighted by molar-refractivity contribution is 7.13. The lowest BCUT2D eigenvalue weighted by Crippen LogP contribution is -2.30. The molecular weight excluding hydrogens is 300 g/mol. The Morgan fingerprint density at radius 2 is 2.32 bits per heavy atom. The average Bonchev–Trinajstić information content (AvgIpc) is 3.14. The minimum Gasteiger partial charge on any atom is -0.462 e. The van der Waals surface area contributed by atoms with Crippen molar-refractivity contribution in [2.24, 2.45) is 11.8 Å². The predicted octanol–water partition coefficient (Wildman–Crippen LogP) is 3.18. The molecule has 0 aliphatic carbocycles. The fraction of sp³-hybridized carbons (Fsp3) is 0.500. The Balaban J connectivity index is 1.91. The summed E-state index contributed by atoms with van der Waals surface area (Å²) >= 11 is 1.39. The monoisotopic (exact) mass is 322 g/mol. The van der Waals surface area contributed by atoms with E-state index in [-0.39, 0.29) is 18.4 Å². The molecule has 6 heteroatoms. The number of amides is 1. The van der Waals surface area contributed by atoms with Crippen molar-refractivity contribution in [3.8, 4) is 10.8 Å². The molecule has 5 nitrogen and oxygen atoms in total. The van der Waals surface area contributed by atoms with Crippen molar-refractivity contribution in [2.75, 3.05) is 13.2 Å². The Kier molecular flexibility index (Phi) is 6.15. The van der Waals surface area contributed by atoms with Crippen LogP contribution in [-0.2, 0) is 0 Å². The van der Waals surface area contributed by atoms with Gasteiger partial charge in [0.2, 0.25) is 0 Å². The normalized spacial score (nSPS) is 12.5. The first-order valence-corrected chi connectivity index (χ1v) is 8.36. The highest BCUT2D eigenvalue weighted by Gasteiger charge is 2.16. The molecule has 0 saturated heterocycles. The van der Waals surface area contributed by atoms with Crippen LogP contribution >= 0.6 is 11.3 Å². The number of furan rings is 1. The molecule has 1 atom stereocenters. The summed E-state index contributed by atoms with van der Waals surface area (Å²) in [4.78, 5) is 16.5. The number of hydrogen-bond acceptors (Lipinski definition) is 5. The number of hydrogen-bond donors (Lipinski definition) is 2. The molecule has 2 heterocycles. The number of carbonyl (C=O) groups is 1. The van der Waals surface area contributed by atoms with Gasteiger partial charge in [-0.25, -0.2) is 4.98 Å². The first kappa shape index (κ1) is 16.7. The Bertz CT molecular complexity index is 578. The van der Waals surface area contributed by atoms with E-state index >= 15 is 0 Å². The van der Waals surface area contributed by atoms with Crippen molar-refractivity contribution >= 4 is 17.2 Å². The van der Waals surface area contributed by atoms with E-state index in [0.717, 1.165) is 6.42 Å². The summed E-state index contributed by atoms with van der Waals surface area (Å²) < 4.78 is 5.27. The van der Waals surface area contributed by atoms with E-state index in [0.29, 0.717) is 35.3 Å². The highest BCUT2D eigenvalue weighted by atomic mass is 32.1. The fourth-order valence-corrected chi connectivity index (χ4v) is 3.14. The molecule has 2 rings (SSSR count). The third-order valence-corrected chi connectivity index (χ3v) is 4.22. The smallest absolute Gasteiger partial charge is 0.270 e. The zero-order valence-electron chi connectivity index (χ0n) is 12.9. The Hall–Kier alpha value is -1.66. The van der Waals surface area contributed by atoms with Crippen LogP contribution in [-0.4, -0.2) is 29.1 Å². The molecule has 1 amide bonds. The largest absolute Gasteiger partial charge is 0.462 e. The molecule has 0 fully saturated rings. The SMILES string of the molecule is CC(C)CC(CCO)CNC(=O)c1csc(-c2ccco2)n1. The van der Waals surface area contributed by atoms with Gasteiger partial charge >= 0.3 is 0 Å². The third-order valence-electron chi connectivity index (χ3n) is 3.36. The molecule has 0 aromatic carbocycles. The van der Waals surface area contributed by atoms with E-state index < -0.39 is 0 Å².